The monoisotopic (exact) mass is 261 g/mol. The third-order valence-electron chi connectivity index (χ3n) is 3.37. The summed E-state index contributed by atoms with van der Waals surface area (Å²) in [4.78, 5) is 2.34. The van der Waals surface area contributed by atoms with Crippen molar-refractivity contribution >= 4 is 0 Å². The van der Waals surface area contributed by atoms with Gasteiger partial charge in [0.15, 0.2) is 0 Å². The van der Waals surface area contributed by atoms with E-state index in [0.717, 1.165) is 38.9 Å². The third-order valence-corrected chi connectivity index (χ3v) is 3.37. The smallest absolute Gasteiger partial charge is 0.0670 e. The Morgan fingerprint density at radius 1 is 1.37 bits per heavy atom. The first kappa shape index (κ1) is 15.9. The Balaban J connectivity index is 2.57. The van der Waals surface area contributed by atoms with Crippen molar-refractivity contribution in [2.24, 2.45) is 0 Å². The van der Waals surface area contributed by atoms with E-state index in [0.29, 0.717) is 0 Å². The molecule has 0 aliphatic heterocycles. The molecule has 1 atom stereocenters. The van der Waals surface area contributed by atoms with E-state index in [1.807, 2.05) is 6.08 Å². The van der Waals surface area contributed by atoms with Crippen molar-refractivity contribution in [1.82, 2.24) is 4.90 Å². The highest BCUT2D eigenvalue weighted by molar-refractivity contribution is 5.25. The van der Waals surface area contributed by atoms with Gasteiger partial charge in [0.2, 0.25) is 0 Å². The molecule has 0 aliphatic rings. The van der Waals surface area contributed by atoms with Gasteiger partial charge in [-0.05, 0) is 43.9 Å². The summed E-state index contributed by atoms with van der Waals surface area (Å²) in [5, 5.41) is 10.0. The van der Waals surface area contributed by atoms with Crippen molar-refractivity contribution in [3.8, 4) is 0 Å². The molecule has 106 valence electrons. The maximum atomic E-state index is 10.0. The van der Waals surface area contributed by atoms with Crippen molar-refractivity contribution in [3.63, 3.8) is 0 Å². The lowest BCUT2D eigenvalue weighted by atomic mass is 10.1. The Morgan fingerprint density at radius 2 is 2.11 bits per heavy atom. The van der Waals surface area contributed by atoms with Crippen molar-refractivity contribution < 1.29 is 5.11 Å². The fraction of sp³-hybridized carbons (Fsp3) is 0.529. The van der Waals surface area contributed by atoms with Crippen LogP contribution in [0.3, 0.4) is 0 Å². The summed E-state index contributed by atoms with van der Waals surface area (Å²) in [6.45, 7) is 10.7. The van der Waals surface area contributed by atoms with Crippen LogP contribution >= 0.6 is 0 Å². The first-order valence-corrected chi connectivity index (χ1v) is 7.23. The first-order valence-electron chi connectivity index (χ1n) is 7.23. The number of aliphatic hydroxyl groups excluding tert-OH is 1. The number of allylic oxidation sites excluding steroid dienone is 1. The van der Waals surface area contributed by atoms with Crippen LogP contribution in [-0.2, 0) is 6.54 Å². The summed E-state index contributed by atoms with van der Waals surface area (Å²) in [6, 6.07) is 8.48. The fourth-order valence-corrected chi connectivity index (χ4v) is 2.28. The van der Waals surface area contributed by atoms with E-state index in [-0.39, 0.29) is 6.10 Å². The second-order valence-corrected chi connectivity index (χ2v) is 5.18. The van der Waals surface area contributed by atoms with Gasteiger partial charge in [-0.15, -0.1) is 6.58 Å². The van der Waals surface area contributed by atoms with E-state index in [2.05, 4.69) is 49.6 Å². The number of rotatable bonds is 9. The van der Waals surface area contributed by atoms with E-state index < -0.39 is 0 Å². The molecule has 19 heavy (non-hydrogen) atoms. The molecule has 0 bridgehead atoms. The molecule has 0 aliphatic carbocycles. The van der Waals surface area contributed by atoms with Gasteiger partial charge < -0.3 is 5.11 Å². The van der Waals surface area contributed by atoms with Gasteiger partial charge in [0.25, 0.3) is 0 Å². The zero-order valence-electron chi connectivity index (χ0n) is 12.3. The SMILES string of the molecule is C=CCC[C@@H](O)CN(CCC)Cc1ccccc1C. The minimum Gasteiger partial charge on any atom is -0.392 e. The first-order chi connectivity index (χ1) is 9.17. The van der Waals surface area contributed by atoms with Gasteiger partial charge in [-0.1, -0.05) is 37.3 Å². The molecule has 0 radical (unpaired) electrons. The molecular formula is C17H27NO. The fourth-order valence-electron chi connectivity index (χ4n) is 2.28. The third kappa shape index (κ3) is 6.04. The lowest BCUT2D eigenvalue weighted by Gasteiger charge is -2.25. The number of aryl methyl sites for hydroxylation is 1. The highest BCUT2D eigenvalue weighted by atomic mass is 16.3. The quantitative estimate of drug-likeness (QED) is 0.687. The van der Waals surface area contributed by atoms with Gasteiger partial charge in [0, 0.05) is 13.1 Å². The molecule has 0 spiro atoms. The van der Waals surface area contributed by atoms with Gasteiger partial charge in [0.1, 0.15) is 0 Å². The maximum Gasteiger partial charge on any atom is 0.0670 e. The van der Waals surface area contributed by atoms with Crippen molar-refractivity contribution in [2.75, 3.05) is 13.1 Å². The van der Waals surface area contributed by atoms with Gasteiger partial charge in [-0.2, -0.15) is 0 Å². The zero-order chi connectivity index (χ0) is 14.1. The second kappa shape index (κ2) is 8.89. The van der Waals surface area contributed by atoms with Crippen LogP contribution in [0.25, 0.3) is 0 Å². The summed E-state index contributed by atoms with van der Waals surface area (Å²) >= 11 is 0. The van der Waals surface area contributed by atoms with Crippen LogP contribution in [0.4, 0.5) is 0 Å². The van der Waals surface area contributed by atoms with Crippen molar-refractivity contribution in [2.45, 2.75) is 45.8 Å². The Hall–Kier alpha value is -1.12. The topological polar surface area (TPSA) is 23.5 Å². The van der Waals surface area contributed by atoms with Crippen LogP contribution in [0.2, 0.25) is 0 Å². The zero-order valence-corrected chi connectivity index (χ0v) is 12.3. The second-order valence-electron chi connectivity index (χ2n) is 5.18. The highest BCUT2D eigenvalue weighted by Crippen LogP contribution is 2.12. The molecule has 1 N–H and O–H groups in total. The average molecular weight is 261 g/mol. The predicted molar refractivity (Wildman–Crippen MR) is 82.2 cm³/mol. The number of hydrogen-bond acceptors (Lipinski definition) is 2. The Kier molecular flexibility index (Phi) is 7.46. The van der Waals surface area contributed by atoms with Crippen molar-refractivity contribution in [3.05, 3.63) is 48.0 Å². The molecule has 0 amide bonds. The van der Waals surface area contributed by atoms with Gasteiger partial charge in [-0.25, -0.2) is 0 Å². The molecular weight excluding hydrogens is 234 g/mol. The molecule has 0 heterocycles. The molecule has 0 aromatic heterocycles. The Labute approximate surface area is 117 Å². The number of aliphatic hydroxyl groups is 1. The molecule has 0 saturated heterocycles. The number of benzene rings is 1. The molecule has 1 rings (SSSR count). The van der Waals surface area contributed by atoms with Gasteiger partial charge in [-0.3, -0.25) is 4.90 Å². The van der Waals surface area contributed by atoms with Crippen LogP contribution < -0.4 is 0 Å². The van der Waals surface area contributed by atoms with Crippen LogP contribution in [0.5, 0.6) is 0 Å². The molecule has 2 nitrogen and oxygen atoms in total. The van der Waals surface area contributed by atoms with E-state index >= 15 is 0 Å². The largest absolute Gasteiger partial charge is 0.392 e. The van der Waals surface area contributed by atoms with Crippen LogP contribution in [0, 0.1) is 6.92 Å². The lowest BCUT2D eigenvalue weighted by molar-refractivity contribution is 0.102. The summed E-state index contributed by atoms with van der Waals surface area (Å²) in [5.41, 5.74) is 2.68. The minimum atomic E-state index is -0.256. The van der Waals surface area contributed by atoms with E-state index in [1.54, 1.807) is 0 Å². The van der Waals surface area contributed by atoms with E-state index in [4.69, 9.17) is 0 Å². The molecule has 2 heteroatoms. The average Bonchev–Trinajstić information content (AvgIpc) is 2.39. The van der Waals surface area contributed by atoms with Crippen LogP contribution in [0.1, 0.15) is 37.3 Å². The molecule has 0 saturated carbocycles. The summed E-state index contributed by atoms with van der Waals surface area (Å²) in [5.74, 6) is 0. The summed E-state index contributed by atoms with van der Waals surface area (Å²) in [7, 11) is 0. The number of hydrogen-bond donors (Lipinski definition) is 1. The maximum absolute atomic E-state index is 10.0. The lowest BCUT2D eigenvalue weighted by Crippen LogP contribution is -2.32. The minimum absolute atomic E-state index is 0.256. The Morgan fingerprint density at radius 3 is 2.74 bits per heavy atom. The normalized spacial score (nSPS) is 12.6. The van der Waals surface area contributed by atoms with Crippen LogP contribution in [-0.4, -0.2) is 29.2 Å². The van der Waals surface area contributed by atoms with Gasteiger partial charge in [0.05, 0.1) is 6.10 Å². The molecule has 0 fully saturated rings. The molecule has 0 unspecified atom stereocenters. The molecule has 1 aromatic rings. The van der Waals surface area contributed by atoms with E-state index in [9.17, 15) is 5.11 Å². The predicted octanol–water partition coefficient (Wildman–Crippen LogP) is 3.53. The number of nitrogens with zero attached hydrogens (tertiary/aromatic N) is 1. The van der Waals surface area contributed by atoms with E-state index in [1.165, 1.54) is 11.1 Å². The molecule has 1 aromatic carbocycles. The Bertz CT molecular complexity index is 375. The van der Waals surface area contributed by atoms with Crippen LogP contribution in [0.15, 0.2) is 36.9 Å². The summed E-state index contributed by atoms with van der Waals surface area (Å²) in [6.07, 6.45) is 4.41. The highest BCUT2D eigenvalue weighted by Gasteiger charge is 2.11. The van der Waals surface area contributed by atoms with Crippen molar-refractivity contribution in [1.29, 1.82) is 0 Å². The standard InChI is InChI=1S/C17H27NO/c1-4-6-11-17(19)14-18(12-5-2)13-16-10-8-7-9-15(16)3/h4,7-10,17,19H,1,5-6,11-14H2,2-3H3/t17-/m1/s1. The van der Waals surface area contributed by atoms with Gasteiger partial charge >= 0.3 is 0 Å². The summed E-state index contributed by atoms with van der Waals surface area (Å²) < 4.78 is 0.